The van der Waals surface area contributed by atoms with Crippen LogP contribution < -0.4 is 36.1 Å². The number of nitrogens with one attached hydrogen (secondary N) is 5. The first-order valence-electron chi connectivity index (χ1n) is 16.6. The summed E-state index contributed by atoms with van der Waals surface area (Å²) in [7, 11) is 3.10. The maximum atomic E-state index is 13.4. The number of carbonyl (C=O) groups is 3. The van der Waals surface area contributed by atoms with Gasteiger partial charge in [0.05, 0.1) is 47.5 Å². The second kappa shape index (κ2) is 16.5. The van der Waals surface area contributed by atoms with Gasteiger partial charge in [0.25, 0.3) is 5.91 Å². The molecule has 15 heteroatoms. The largest absolute Gasteiger partial charge is 0.495 e. The predicted octanol–water partition coefficient (Wildman–Crippen LogP) is 4.52. The summed E-state index contributed by atoms with van der Waals surface area (Å²) in [5.74, 6) is 0.643. The third-order valence-electron chi connectivity index (χ3n) is 8.78. The molecule has 2 aliphatic rings. The highest BCUT2D eigenvalue weighted by Crippen LogP contribution is 2.40. The number of methoxy groups -OCH3 is 2. The summed E-state index contributed by atoms with van der Waals surface area (Å²) in [5, 5.41) is 16.0. The molecule has 5 heterocycles. The smallest absolute Gasteiger partial charge is 0.274 e. The van der Waals surface area contributed by atoms with E-state index in [0.29, 0.717) is 83.9 Å². The van der Waals surface area contributed by atoms with Crippen molar-refractivity contribution >= 4 is 46.6 Å². The number of amides is 3. The van der Waals surface area contributed by atoms with Crippen molar-refractivity contribution in [2.75, 3.05) is 32.6 Å². The van der Waals surface area contributed by atoms with Crippen molar-refractivity contribution in [2.45, 2.75) is 50.9 Å². The Hall–Kier alpha value is -4.82. The Balaban J connectivity index is 1.16. The van der Waals surface area contributed by atoms with E-state index < -0.39 is 5.91 Å². The number of pyridine rings is 3. The summed E-state index contributed by atoms with van der Waals surface area (Å²) >= 11 is 13.8. The second-order valence-electron chi connectivity index (χ2n) is 12.3. The normalized spacial score (nSPS) is 16.9. The fourth-order valence-corrected chi connectivity index (χ4v) is 6.68. The second-order valence-corrected chi connectivity index (χ2v) is 13.0. The molecule has 2 aliphatic heterocycles. The summed E-state index contributed by atoms with van der Waals surface area (Å²) < 4.78 is 11.1. The van der Waals surface area contributed by atoms with Gasteiger partial charge in [-0.3, -0.25) is 19.4 Å². The lowest BCUT2D eigenvalue weighted by Gasteiger charge is -2.15. The number of ether oxygens (including phenoxy) is 2. The molecule has 0 radical (unpaired) electrons. The number of nitrogens with zero attached hydrogens (tertiary/aromatic N) is 3. The first-order valence-corrected chi connectivity index (χ1v) is 17.3. The molecular weight excluding hydrogens is 695 g/mol. The molecule has 5 N–H and O–H groups in total. The molecule has 2 saturated heterocycles. The van der Waals surface area contributed by atoms with Crippen molar-refractivity contribution < 1.29 is 23.9 Å². The van der Waals surface area contributed by atoms with Crippen LogP contribution in [0.2, 0.25) is 10.0 Å². The summed E-state index contributed by atoms with van der Waals surface area (Å²) in [4.78, 5) is 50.0. The van der Waals surface area contributed by atoms with Crippen molar-refractivity contribution in [3.05, 3.63) is 81.7 Å². The van der Waals surface area contributed by atoms with E-state index in [2.05, 4.69) is 36.6 Å². The monoisotopic (exact) mass is 732 g/mol. The van der Waals surface area contributed by atoms with Crippen molar-refractivity contribution in [1.82, 2.24) is 36.2 Å². The Kier molecular flexibility index (Phi) is 11.6. The van der Waals surface area contributed by atoms with E-state index in [1.165, 1.54) is 6.20 Å². The molecule has 3 amide bonds. The molecular formula is C36H38Cl2N8O5. The number of hydrogen-bond acceptors (Lipinski definition) is 10. The van der Waals surface area contributed by atoms with Crippen LogP contribution in [-0.2, 0) is 22.7 Å². The minimum absolute atomic E-state index is 0.0526. The van der Waals surface area contributed by atoms with Crippen molar-refractivity contribution in [1.29, 1.82) is 0 Å². The van der Waals surface area contributed by atoms with Crippen LogP contribution in [0.1, 0.15) is 47.3 Å². The molecule has 0 bridgehead atoms. The number of benzene rings is 1. The van der Waals surface area contributed by atoms with E-state index in [1.54, 1.807) is 50.7 Å². The predicted molar refractivity (Wildman–Crippen MR) is 194 cm³/mol. The van der Waals surface area contributed by atoms with Gasteiger partial charge in [0, 0.05) is 79.6 Å². The fourth-order valence-electron chi connectivity index (χ4n) is 6.11. The molecule has 0 spiro atoms. The maximum absolute atomic E-state index is 13.4. The van der Waals surface area contributed by atoms with E-state index in [4.69, 9.17) is 37.7 Å². The van der Waals surface area contributed by atoms with Gasteiger partial charge in [-0.2, -0.15) is 0 Å². The molecule has 6 rings (SSSR count). The summed E-state index contributed by atoms with van der Waals surface area (Å²) in [6, 6.07) is 12.6. The van der Waals surface area contributed by atoms with Gasteiger partial charge in [-0.1, -0.05) is 41.4 Å². The first-order chi connectivity index (χ1) is 24.7. The van der Waals surface area contributed by atoms with Gasteiger partial charge in [0.1, 0.15) is 11.4 Å². The third kappa shape index (κ3) is 8.56. The standard InChI is InChI=1S/C36H38Cl2N8O5/c1-50-29-19-42-28(14-21(29)16-40-18-23-8-11-31(48)44-23)35(49)45-27-5-3-4-25(32(27)37)34-33(38)24(12-13-41-34)26-9-6-20(36(46-26)51-2)15-39-17-22-7-10-30(47)43-22/h3-6,9,12-14,19,22-23,39-40H,7-8,10-11,15-18H2,1-2H3,(H,43,47)(H,44,48)(H,45,49)/t22-,23-/m0/s1. The lowest BCUT2D eigenvalue weighted by Crippen LogP contribution is -2.35. The van der Waals surface area contributed by atoms with Gasteiger partial charge in [-0.25, -0.2) is 9.97 Å². The van der Waals surface area contributed by atoms with Gasteiger partial charge in [0.15, 0.2) is 0 Å². The first kappa shape index (κ1) is 36.0. The van der Waals surface area contributed by atoms with Gasteiger partial charge < -0.3 is 36.1 Å². The van der Waals surface area contributed by atoms with E-state index in [0.717, 1.165) is 24.0 Å². The van der Waals surface area contributed by atoms with E-state index in [9.17, 15) is 14.4 Å². The van der Waals surface area contributed by atoms with Gasteiger partial charge >= 0.3 is 0 Å². The van der Waals surface area contributed by atoms with Crippen LogP contribution in [0.25, 0.3) is 22.5 Å². The lowest BCUT2D eigenvalue weighted by molar-refractivity contribution is -0.120. The molecule has 2 atom stereocenters. The van der Waals surface area contributed by atoms with Crippen LogP contribution in [-0.4, -0.2) is 72.1 Å². The summed E-state index contributed by atoms with van der Waals surface area (Å²) in [5.41, 5.74) is 4.25. The highest BCUT2D eigenvalue weighted by atomic mass is 35.5. The number of aromatic nitrogens is 3. The number of anilines is 1. The SMILES string of the molecule is COc1cnc(C(=O)Nc2cccc(-c3nccc(-c4ccc(CNC[C@@H]5CCC(=O)N5)c(OC)n4)c3Cl)c2Cl)cc1CNC[C@@H]1CCC(=O)N1. The van der Waals surface area contributed by atoms with E-state index >= 15 is 0 Å². The molecule has 0 aliphatic carbocycles. The maximum Gasteiger partial charge on any atom is 0.274 e. The molecule has 3 aromatic heterocycles. The van der Waals surface area contributed by atoms with Gasteiger partial charge in [-0.15, -0.1) is 0 Å². The number of rotatable bonds is 14. The molecule has 4 aromatic rings. The molecule has 1 aromatic carbocycles. The molecule has 0 unspecified atom stereocenters. The van der Waals surface area contributed by atoms with Crippen molar-refractivity contribution in [2.24, 2.45) is 0 Å². The average molecular weight is 734 g/mol. The van der Waals surface area contributed by atoms with Crippen molar-refractivity contribution in [3.8, 4) is 34.1 Å². The number of hydrogen-bond donors (Lipinski definition) is 5. The van der Waals surface area contributed by atoms with Crippen LogP contribution in [0.3, 0.4) is 0 Å². The van der Waals surface area contributed by atoms with Crippen molar-refractivity contribution in [3.63, 3.8) is 0 Å². The van der Waals surface area contributed by atoms with Crippen LogP contribution in [0.15, 0.2) is 54.9 Å². The number of halogens is 2. The quantitative estimate of drug-likeness (QED) is 0.124. The Morgan fingerprint density at radius 3 is 2.22 bits per heavy atom. The van der Waals surface area contributed by atoms with Crippen LogP contribution in [0.5, 0.6) is 11.6 Å². The van der Waals surface area contributed by atoms with Crippen LogP contribution >= 0.6 is 23.2 Å². The van der Waals surface area contributed by atoms with E-state index in [-0.39, 0.29) is 34.6 Å². The zero-order valence-corrected chi connectivity index (χ0v) is 29.7. The average Bonchev–Trinajstić information content (AvgIpc) is 3.76. The highest BCUT2D eigenvalue weighted by Gasteiger charge is 2.23. The van der Waals surface area contributed by atoms with E-state index in [1.807, 2.05) is 12.1 Å². The van der Waals surface area contributed by atoms with Crippen LogP contribution in [0.4, 0.5) is 5.69 Å². The Morgan fingerprint density at radius 2 is 1.57 bits per heavy atom. The zero-order chi connectivity index (χ0) is 35.9. The zero-order valence-electron chi connectivity index (χ0n) is 28.1. The third-order valence-corrected chi connectivity index (χ3v) is 9.57. The minimum Gasteiger partial charge on any atom is -0.495 e. The van der Waals surface area contributed by atoms with Crippen LogP contribution in [0, 0.1) is 0 Å². The summed E-state index contributed by atoms with van der Waals surface area (Å²) in [6.45, 7) is 2.16. The Labute approximate surface area is 305 Å². The topological polar surface area (TPSA) is 168 Å². The molecule has 51 heavy (non-hydrogen) atoms. The molecule has 13 nitrogen and oxygen atoms in total. The number of carbonyl (C=O) groups excluding carboxylic acids is 3. The Morgan fingerprint density at radius 1 is 0.863 bits per heavy atom. The highest BCUT2D eigenvalue weighted by molar-refractivity contribution is 6.39. The fraction of sp³-hybridized carbons (Fsp3) is 0.333. The minimum atomic E-state index is -0.465. The lowest BCUT2D eigenvalue weighted by atomic mass is 10.1. The van der Waals surface area contributed by atoms with Gasteiger partial charge in [-0.05, 0) is 37.1 Å². The molecule has 266 valence electrons. The summed E-state index contributed by atoms with van der Waals surface area (Å²) in [6.07, 6.45) is 5.78. The van der Waals surface area contributed by atoms with Gasteiger partial charge in [0.2, 0.25) is 17.7 Å². The molecule has 0 saturated carbocycles. The Bertz CT molecular complexity index is 1940. The molecule has 2 fully saturated rings.